The van der Waals surface area contributed by atoms with Crippen LogP contribution in [0, 0.1) is 0 Å². The first-order valence-electron chi connectivity index (χ1n) is 6.86. The number of rotatable bonds is 7. The number of amides is 1. The van der Waals surface area contributed by atoms with E-state index >= 15 is 0 Å². The summed E-state index contributed by atoms with van der Waals surface area (Å²) in [6, 6.07) is 17.8. The minimum absolute atomic E-state index is 0.0596. The molecule has 0 unspecified atom stereocenters. The van der Waals surface area contributed by atoms with Crippen LogP contribution in [0.5, 0.6) is 5.75 Å². The third kappa shape index (κ3) is 5.16. The van der Waals surface area contributed by atoms with E-state index in [1.165, 1.54) is 4.90 Å². The quantitative estimate of drug-likeness (QED) is 0.796. The van der Waals surface area contributed by atoms with E-state index < -0.39 is 0 Å². The van der Waals surface area contributed by atoms with Crippen LogP contribution in [0.4, 0.5) is 0 Å². The number of hydrogen-bond donors (Lipinski definition) is 1. The number of nitrogens with one attached hydrogen (secondary N) is 1. The summed E-state index contributed by atoms with van der Waals surface area (Å²) >= 11 is 1.69. The van der Waals surface area contributed by atoms with Gasteiger partial charge in [0.15, 0.2) is 0 Å². The molecule has 2 aromatic carbocycles. The highest BCUT2D eigenvalue weighted by Gasteiger charge is 2.05. The Morgan fingerprint density at radius 1 is 1.10 bits per heavy atom. The van der Waals surface area contributed by atoms with Gasteiger partial charge in [0.25, 0.3) is 0 Å². The van der Waals surface area contributed by atoms with Crippen LogP contribution in [0.1, 0.15) is 12.0 Å². The highest BCUT2D eigenvalue weighted by Crippen LogP contribution is 2.18. The number of thioether (sulfide) groups is 1. The van der Waals surface area contributed by atoms with Gasteiger partial charge in [-0.15, -0.1) is 11.8 Å². The van der Waals surface area contributed by atoms with Gasteiger partial charge in [-0.1, -0.05) is 36.4 Å². The SMILES string of the molecule is COc1ccccc1CNC(=O)CCSc1ccccc1. The first-order chi connectivity index (χ1) is 10.3. The van der Waals surface area contributed by atoms with Crippen LogP contribution < -0.4 is 10.1 Å². The molecule has 2 rings (SSSR count). The van der Waals surface area contributed by atoms with E-state index in [1.807, 2.05) is 42.5 Å². The normalized spacial score (nSPS) is 10.1. The number of methoxy groups -OCH3 is 1. The number of carbonyl (C=O) groups excluding carboxylic acids is 1. The molecule has 0 aliphatic heterocycles. The molecule has 0 radical (unpaired) electrons. The minimum Gasteiger partial charge on any atom is -0.496 e. The Bertz CT molecular complexity index is 572. The molecule has 3 nitrogen and oxygen atoms in total. The molecule has 0 bridgehead atoms. The van der Waals surface area contributed by atoms with E-state index in [4.69, 9.17) is 4.74 Å². The molecule has 4 heteroatoms. The van der Waals surface area contributed by atoms with Crippen LogP contribution >= 0.6 is 11.8 Å². The van der Waals surface area contributed by atoms with Crippen molar-refractivity contribution in [2.24, 2.45) is 0 Å². The Morgan fingerprint density at radius 3 is 2.57 bits per heavy atom. The van der Waals surface area contributed by atoms with Crippen molar-refractivity contribution in [3.8, 4) is 5.75 Å². The second-order valence-electron chi connectivity index (χ2n) is 4.50. The average Bonchev–Trinajstić information content (AvgIpc) is 2.54. The fourth-order valence-corrected chi connectivity index (χ4v) is 2.78. The molecule has 1 N–H and O–H groups in total. The molecule has 0 aliphatic carbocycles. The van der Waals surface area contributed by atoms with Crippen molar-refractivity contribution in [3.63, 3.8) is 0 Å². The highest BCUT2D eigenvalue weighted by molar-refractivity contribution is 7.99. The molecule has 0 spiro atoms. The van der Waals surface area contributed by atoms with Gasteiger partial charge in [-0.3, -0.25) is 4.79 Å². The molecule has 0 atom stereocenters. The fraction of sp³-hybridized carbons (Fsp3) is 0.235. The van der Waals surface area contributed by atoms with Gasteiger partial charge in [0.1, 0.15) is 5.75 Å². The Morgan fingerprint density at radius 2 is 1.81 bits per heavy atom. The maximum atomic E-state index is 11.8. The summed E-state index contributed by atoms with van der Waals surface area (Å²) < 4.78 is 5.26. The maximum absolute atomic E-state index is 11.8. The monoisotopic (exact) mass is 301 g/mol. The lowest BCUT2D eigenvalue weighted by Gasteiger charge is -2.09. The number of hydrogen-bond acceptors (Lipinski definition) is 3. The van der Waals surface area contributed by atoms with E-state index in [0.29, 0.717) is 13.0 Å². The smallest absolute Gasteiger partial charge is 0.221 e. The van der Waals surface area contributed by atoms with Crippen molar-refractivity contribution >= 4 is 17.7 Å². The molecule has 0 aliphatic rings. The van der Waals surface area contributed by atoms with Gasteiger partial charge in [-0.25, -0.2) is 0 Å². The lowest BCUT2D eigenvalue weighted by Crippen LogP contribution is -2.23. The zero-order valence-electron chi connectivity index (χ0n) is 12.0. The van der Waals surface area contributed by atoms with Crippen molar-refractivity contribution in [1.82, 2.24) is 5.32 Å². The van der Waals surface area contributed by atoms with E-state index in [9.17, 15) is 4.79 Å². The molecule has 0 saturated carbocycles. The lowest BCUT2D eigenvalue weighted by atomic mass is 10.2. The summed E-state index contributed by atoms with van der Waals surface area (Å²) in [6.45, 7) is 0.499. The summed E-state index contributed by atoms with van der Waals surface area (Å²) in [5, 5.41) is 2.93. The Hall–Kier alpha value is -1.94. The Labute approximate surface area is 129 Å². The van der Waals surface area contributed by atoms with Crippen LogP contribution in [-0.2, 0) is 11.3 Å². The fourth-order valence-electron chi connectivity index (χ4n) is 1.91. The van der Waals surface area contributed by atoms with Gasteiger partial charge in [-0.2, -0.15) is 0 Å². The van der Waals surface area contributed by atoms with Crippen molar-refractivity contribution in [2.75, 3.05) is 12.9 Å². The molecule has 0 fully saturated rings. The van der Waals surface area contributed by atoms with Crippen LogP contribution in [0.25, 0.3) is 0 Å². The van der Waals surface area contributed by atoms with Gasteiger partial charge >= 0.3 is 0 Å². The third-order valence-electron chi connectivity index (χ3n) is 3.01. The molecule has 0 saturated heterocycles. The Kier molecular flexibility index (Phi) is 6.16. The molecule has 21 heavy (non-hydrogen) atoms. The number of ether oxygens (including phenoxy) is 1. The zero-order valence-corrected chi connectivity index (χ0v) is 12.9. The minimum atomic E-state index is 0.0596. The van der Waals surface area contributed by atoms with E-state index in [1.54, 1.807) is 18.9 Å². The predicted octanol–water partition coefficient (Wildman–Crippen LogP) is 3.49. The largest absolute Gasteiger partial charge is 0.496 e. The summed E-state index contributed by atoms with van der Waals surface area (Å²) in [4.78, 5) is 13.0. The molecule has 0 aromatic heterocycles. The number of carbonyl (C=O) groups is 1. The predicted molar refractivity (Wildman–Crippen MR) is 86.6 cm³/mol. The first-order valence-corrected chi connectivity index (χ1v) is 7.84. The third-order valence-corrected chi connectivity index (χ3v) is 4.02. The second-order valence-corrected chi connectivity index (χ2v) is 5.67. The summed E-state index contributed by atoms with van der Waals surface area (Å²) in [5.74, 6) is 1.64. The summed E-state index contributed by atoms with van der Waals surface area (Å²) in [7, 11) is 1.64. The van der Waals surface area contributed by atoms with Gasteiger partial charge in [0.2, 0.25) is 5.91 Å². The highest BCUT2D eigenvalue weighted by atomic mass is 32.2. The van der Waals surface area contributed by atoms with Crippen LogP contribution in [0.2, 0.25) is 0 Å². The number of benzene rings is 2. The van der Waals surface area contributed by atoms with Gasteiger partial charge in [0, 0.05) is 29.2 Å². The topological polar surface area (TPSA) is 38.3 Å². The van der Waals surface area contributed by atoms with Crippen molar-refractivity contribution in [1.29, 1.82) is 0 Å². The van der Waals surface area contributed by atoms with Crippen LogP contribution in [0.3, 0.4) is 0 Å². The van der Waals surface area contributed by atoms with Crippen LogP contribution in [0.15, 0.2) is 59.5 Å². The van der Waals surface area contributed by atoms with Crippen LogP contribution in [-0.4, -0.2) is 18.8 Å². The van der Waals surface area contributed by atoms with Crippen molar-refractivity contribution in [2.45, 2.75) is 17.9 Å². The molecule has 110 valence electrons. The molecular weight excluding hydrogens is 282 g/mol. The summed E-state index contributed by atoms with van der Waals surface area (Å²) in [5.41, 5.74) is 0.990. The van der Waals surface area contributed by atoms with Crippen molar-refractivity contribution < 1.29 is 9.53 Å². The van der Waals surface area contributed by atoms with Gasteiger partial charge < -0.3 is 10.1 Å². The van der Waals surface area contributed by atoms with E-state index in [0.717, 1.165) is 17.1 Å². The molecular formula is C17H19NO2S. The average molecular weight is 301 g/mol. The van der Waals surface area contributed by atoms with E-state index in [-0.39, 0.29) is 5.91 Å². The first kappa shape index (κ1) is 15.4. The van der Waals surface area contributed by atoms with E-state index in [2.05, 4.69) is 17.4 Å². The Balaban J connectivity index is 1.72. The molecule has 0 heterocycles. The zero-order chi connectivity index (χ0) is 14.9. The molecule has 2 aromatic rings. The second kappa shape index (κ2) is 8.37. The standard InChI is InChI=1S/C17H19NO2S/c1-20-16-10-6-5-7-14(16)13-18-17(19)11-12-21-15-8-3-2-4-9-15/h2-10H,11-13H2,1H3,(H,18,19). The van der Waals surface area contributed by atoms with Gasteiger partial charge in [-0.05, 0) is 18.2 Å². The summed E-state index contributed by atoms with van der Waals surface area (Å²) in [6.07, 6.45) is 0.509. The van der Waals surface area contributed by atoms with Crippen molar-refractivity contribution in [3.05, 3.63) is 60.2 Å². The maximum Gasteiger partial charge on any atom is 0.221 e. The lowest BCUT2D eigenvalue weighted by molar-refractivity contribution is -0.120. The number of para-hydroxylation sites is 1. The van der Waals surface area contributed by atoms with Gasteiger partial charge in [0.05, 0.1) is 7.11 Å². The molecule has 1 amide bonds.